The molecule has 4 aromatic rings. The molecule has 27 heavy (non-hydrogen) atoms. The van der Waals surface area contributed by atoms with Crippen LogP contribution in [0, 0.1) is 0 Å². The molecule has 3 aromatic heterocycles. The summed E-state index contributed by atoms with van der Waals surface area (Å²) < 4.78 is 7.32. The van der Waals surface area contributed by atoms with E-state index in [0.29, 0.717) is 16.7 Å². The molecule has 0 amide bonds. The molecule has 1 aromatic carbocycles. The van der Waals surface area contributed by atoms with Crippen LogP contribution in [0.15, 0.2) is 51.5 Å². The Hall–Kier alpha value is -2.16. The molecule has 4 rings (SSSR count). The van der Waals surface area contributed by atoms with Gasteiger partial charge in [-0.15, -0.1) is 21.5 Å². The summed E-state index contributed by atoms with van der Waals surface area (Å²) in [4.78, 5) is 5.47. The van der Waals surface area contributed by atoms with Crippen molar-refractivity contribution in [2.75, 3.05) is 5.75 Å². The fraction of sp³-hybridized carbons (Fsp3) is 0.222. The van der Waals surface area contributed by atoms with Crippen molar-refractivity contribution in [3.05, 3.63) is 52.7 Å². The predicted octanol–water partition coefficient (Wildman–Crippen LogP) is 4.97. The van der Waals surface area contributed by atoms with E-state index in [9.17, 15) is 0 Å². The summed E-state index contributed by atoms with van der Waals surface area (Å²) in [5.41, 5.74) is 0.994. The Balaban J connectivity index is 1.31. The minimum Gasteiger partial charge on any atom is -0.339 e. The summed E-state index contributed by atoms with van der Waals surface area (Å²) in [6, 6.07) is 11.6. The second kappa shape index (κ2) is 8.24. The van der Waals surface area contributed by atoms with Crippen LogP contribution in [0.5, 0.6) is 0 Å². The standard InChI is InChI=1S/C18H16ClN5OS2/c1-24-17(12-6-8-13(19)9-7-12)21-22-18(24)27-11-3-5-15-20-16(23-25-15)14-4-2-10-26-14/h2,4,6-10H,3,5,11H2,1H3. The molecule has 0 atom stereocenters. The molecule has 0 unspecified atom stereocenters. The van der Waals surface area contributed by atoms with Crippen molar-refractivity contribution in [2.24, 2.45) is 7.05 Å². The molecule has 0 spiro atoms. The molecule has 0 bridgehead atoms. The third kappa shape index (κ3) is 4.23. The first kappa shape index (κ1) is 18.2. The SMILES string of the molecule is Cn1c(SCCCc2nc(-c3cccs3)no2)nnc1-c1ccc(Cl)cc1. The summed E-state index contributed by atoms with van der Waals surface area (Å²) in [6.45, 7) is 0. The average Bonchev–Trinajstić information content (AvgIpc) is 3.41. The summed E-state index contributed by atoms with van der Waals surface area (Å²) in [5, 5.41) is 16.2. The van der Waals surface area contributed by atoms with Crippen molar-refractivity contribution in [2.45, 2.75) is 18.0 Å². The topological polar surface area (TPSA) is 69.6 Å². The van der Waals surface area contributed by atoms with E-state index in [1.807, 2.05) is 53.4 Å². The molecule has 0 radical (unpaired) electrons. The van der Waals surface area contributed by atoms with Gasteiger partial charge < -0.3 is 9.09 Å². The van der Waals surface area contributed by atoms with E-state index in [1.54, 1.807) is 23.1 Å². The second-order valence-electron chi connectivity index (χ2n) is 5.81. The van der Waals surface area contributed by atoms with E-state index < -0.39 is 0 Å². The van der Waals surface area contributed by atoms with E-state index >= 15 is 0 Å². The summed E-state index contributed by atoms with van der Waals surface area (Å²) in [6.07, 6.45) is 1.66. The van der Waals surface area contributed by atoms with Crippen molar-refractivity contribution >= 4 is 34.7 Å². The second-order valence-corrected chi connectivity index (χ2v) is 8.26. The number of nitrogens with zero attached hydrogens (tertiary/aromatic N) is 5. The van der Waals surface area contributed by atoms with E-state index in [0.717, 1.165) is 40.0 Å². The highest BCUT2D eigenvalue weighted by Crippen LogP contribution is 2.25. The lowest BCUT2D eigenvalue weighted by atomic mass is 10.2. The molecule has 0 aliphatic rings. The third-order valence-electron chi connectivity index (χ3n) is 3.91. The van der Waals surface area contributed by atoms with Crippen LogP contribution >= 0.6 is 34.7 Å². The highest BCUT2D eigenvalue weighted by Gasteiger charge is 2.12. The van der Waals surface area contributed by atoms with Crippen molar-refractivity contribution in [3.8, 4) is 22.1 Å². The zero-order valence-corrected chi connectivity index (χ0v) is 16.9. The normalized spacial score (nSPS) is 11.2. The van der Waals surface area contributed by atoms with Gasteiger partial charge in [0.25, 0.3) is 0 Å². The molecular weight excluding hydrogens is 402 g/mol. The summed E-state index contributed by atoms with van der Waals surface area (Å²) in [5.74, 6) is 3.04. The molecule has 3 heterocycles. The lowest BCUT2D eigenvalue weighted by Gasteiger charge is -2.03. The van der Waals surface area contributed by atoms with Gasteiger partial charge in [0.15, 0.2) is 11.0 Å². The molecule has 6 nitrogen and oxygen atoms in total. The van der Waals surface area contributed by atoms with Gasteiger partial charge >= 0.3 is 0 Å². The number of thiophene rings is 1. The molecular formula is C18H16ClN5OS2. The van der Waals surface area contributed by atoms with Crippen molar-refractivity contribution in [3.63, 3.8) is 0 Å². The van der Waals surface area contributed by atoms with Crippen LogP contribution < -0.4 is 0 Å². The highest BCUT2D eigenvalue weighted by molar-refractivity contribution is 7.99. The Bertz CT molecular complexity index is 1010. The zero-order chi connectivity index (χ0) is 18.6. The first-order chi connectivity index (χ1) is 13.2. The first-order valence-electron chi connectivity index (χ1n) is 8.35. The zero-order valence-electron chi connectivity index (χ0n) is 14.5. The van der Waals surface area contributed by atoms with Crippen LogP contribution in [0.2, 0.25) is 5.02 Å². The van der Waals surface area contributed by atoms with Crippen molar-refractivity contribution < 1.29 is 4.52 Å². The molecule has 0 saturated carbocycles. The number of aromatic nitrogens is 5. The fourth-order valence-electron chi connectivity index (χ4n) is 2.54. The predicted molar refractivity (Wildman–Crippen MR) is 108 cm³/mol. The Labute approximate surface area is 169 Å². The number of rotatable bonds is 7. The number of benzene rings is 1. The molecule has 0 fully saturated rings. The lowest BCUT2D eigenvalue weighted by molar-refractivity contribution is 0.378. The van der Waals surface area contributed by atoms with Crippen LogP contribution in [-0.2, 0) is 13.5 Å². The van der Waals surface area contributed by atoms with E-state index in [-0.39, 0.29) is 0 Å². The maximum absolute atomic E-state index is 5.95. The molecule has 0 N–H and O–H groups in total. The Morgan fingerprint density at radius 2 is 2.04 bits per heavy atom. The first-order valence-corrected chi connectivity index (χ1v) is 10.6. The number of halogens is 1. The smallest absolute Gasteiger partial charge is 0.227 e. The van der Waals surface area contributed by atoms with Crippen LogP contribution in [-0.4, -0.2) is 30.7 Å². The van der Waals surface area contributed by atoms with Crippen molar-refractivity contribution in [1.82, 2.24) is 24.9 Å². The van der Waals surface area contributed by atoms with Gasteiger partial charge in [0, 0.05) is 29.8 Å². The Morgan fingerprint density at radius 3 is 2.81 bits per heavy atom. The van der Waals surface area contributed by atoms with E-state index in [2.05, 4.69) is 20.3 Å². The Kier molecular flexibility index (Phi) is 5.56. The lowest BCUT2D eigenvalue weighted by Crippen LogP contribution is -1.96. The number of hydrogen-bond acceptors (Lipinski definition) is 7. The van der Waals surface area contributed by atoms with Crippen LogP contribution in [0.1, 0.15) is 12.3 Å². The van der Waals surface area contributed by atoms with Gasteiger partial charge in [-0.25, -0.2) is 0 Å². The van der Waals surface area contributed by atoms with Crippen LogP contribution in [0.3, 0.4) is 0 Å². The third-order valence-corrected chi connectivity index (χ3v) is 6.14. The van der Waals surface area contributed by atoms with E-state index in [4.69, 9.17) is 16.1 Å². The minimum atomic E-state index is 0.661. The number of hydrogen-bond donors (Lipinski definition) is 0. The van der Waals surface area contributed by atoms with Crippen LogP contribution in [0.25, 0.3) is 22.1 Å². The molecule has 138 valence electrons. The maximum atomic E-state index is 5.95. The molecule has 0 saturated heterocycles. The Morgan fingerprint density at radius 1 is 1.19 bits per heavy atom. The van der Waals surface area contributed by atoms with E-state index in [1.165, 1.54) is 0 Å². The van der Waals surface area contributed by atoms with Gasteiger partial charge in [0.1, 0.15) is 0 Å². The maximum Gasteiger partial charge on any atom is 0.227 e. The highest BCUT2D eigenvalue weighted by atomic mass is 35.5. The fourth-order valence-corrected chi connectivity index (χ4v) is 4.17. The van der Waals surface area contributed by atoms with Crippen LogP contribution in [0.4, 0.5) is 0 Å². The summed E-state index contributed by atoms with van der Waals surface area (Å²) >= 11 is 9.21. The van der Waals surface area contributed by atoms with Gasteiger partial charge in [0.2, 0.25) is 11.7 Å². The van der Waals surface area contributed by atoms with Crippen molar-refractivity contribution in [1.29, 1.82) is 0 Å². The van der Waals surface area contributed by atoms with Gasteiger partial charge in [-0.2, -0.15) is 4.98 Å². The molecule has 0 aliphatic heterocycles. The summed E-state index contributed by atoms with van der Waals surface area (Å²) in [7, 11) is 1.97. The quantitative estimate of drug-likeness (QED) is 0.312. The van der Waals surface area contributed by atoms with Gasteiger partial charge in [-0.1, -0.05) is 34.6 Å². The van der Waals surface area contributed by atoms with Gasteiger partial charge in [-0.05, 0) is 42.1 Å². The average molecular weight is 418 g/mol. The largest absolute Gasteiger partial charge is 0.339 e. The number of aryl methyl sites for hydroxylation is 1. The molecule has 9 heteroatoms. The minimum absolute atomic E-state index is 0.661. The van der Waals surface area contributed by atoms with Gasteiger partial charge in [0.05, 0.1) is 4.88 Å². The number of thioether (sulfide) groups is 1. The van der Waals surface area contributed by atoms with Gasteiger partial charge in [-0.3, -0.25) is 0 Å². The monoisotopic (exact) mass is 417 g/mol. The molecule has 0 aliphatic carbocycles.